The van der Waals surface area contributed by atoms with E-state index in [9.17, 15) is 0 Å². The first kappa shape index (κ1) is 11.4. The van der Waals surface area contributed by atoms with Gasteiger partial charge in [-0.25, -0.2) is 4.98 Å². The minimum absolute atomic E-state index is 0.0179. The van der Waals surface area contributed by atoms with Gasteiger partial charge in [-0.05, 0) is 13.3 Å². The van der Waals surface area contributed by atoms with Gasteiger partial charge in [-0.3, -0.25) is 0 Å². The SMILES string of the molecule is C=C(C)Cn1cncc1C(N)C1CCOC1. The summed E-state index contributed by atoms with van der Waals surface area (Å²) in [6, 6.07) is 0.0179. The smallest absolute Gasteiger partial charge is 0.0951 e. The minimum atomic E-state index is 0.0179. The van der Waals surface area contributed by atoms with Gasteiger partial charge < -0.3 is 15.0 Å². The number of imidazole rings is 1. The van der Waals surface area contributed by atoms with Gasteiger partial charge in [0.1, 0.15) is 0 Å². The molecule has 1 aliphatic rings. The fraction of sp³-hybridized carbons (Fsp3) is 0.583. The van der Waals surface area contributed by atoms with Crippen molar-refractivity contribution < 1.29 is 4.74 Å². The Labute approximate surface area is 96.1 Å². The highest BCUT2D eigenvalue weighted by molar-refractivity contribution is 5.09. The van der Waals surface area contributed by atoms with Crippen molar-refractivity contribution in [1.82, 2.24) is 9.55 Å². The molecule has 16 heavy (non-hydrogen) atoms. The van der Waals surface area contributed by atoms with Crippen LogP contribution in [0.1, 0.15) is 25.1 Å². The van der Waals surface area contributed by atoms with Crippen molar-refractivity contribution in [1.29, 1.82) is 0 Å². The second-order valence-corrected chi connectivity index (χ2v) is 4.55. The normalized spacial score (nSPS) is 22.2. The van der Waals surface area contributed by atoms with Crippen molar-refractivity contribution in [3.8, 4) is 0 Å². The molecule has 4 heteroatoms. The van der Waals surface area contributed by atoms with E-state index < -0.39 is 0 Å². The molecule has 1 aliphatic heterocycles. The zero-order valence-electron chi connectivity index (χ0n) is 9.72. The lowest BCUT2D eigenvalue weighted by molar-refractivity contribution is 0.180. The Morgan fingerprint density at radius 2 is 2.62 bits per heavy atom. The van der Waals surface area contributed by atoms with E-state index in [2.05, 4.69) is 16.1 Å². The van der Waals surface area contributed by atoms with Crippen LogP contribution in [0.2, 0.25) is 0 Å². The van der Waals surface area contributed by atoms with E-state index in [4.69, 9.17) is 10.5 Å². The Morgan fingerprint density at radius 1 is 1.81 bits per heavy atom. The van der Waals surface area contributed by atoms with Gasteiger partial charge in [0, 0.05) is 25.3 Å². The zero-order valence-corrected chi connectivity index (χ0v) is 9.72. The van der Waals surface area contributed by atoms with E-state index in [1.165, 1.54) is 0 Å². The van der Waals surface area contributed by atoms with Crippen molar-refractivity contribution in [2.45, 2.75) is 25.9 Å². The second-order valence-electron chi connectivity index (χ2n) is 4.55. The summed E-state index contributed by atoms with van der Waals surface area (Å²) in [6.07, 6.45) is 4.71. The molecule has 2 heterocycles. The van der Waals surface area contributed by atoms with E-state index in [0.717, 1.165) is 37.4 Å². The van der Waals surface area contributed by atoms with Crippen molar-refractivity contribution in [3.63, 3.8) is 0 Å². The topological polar surface area (TPSA) is 53.1 Å². The number of nitrogens with two attached hydrogens (primary N) is 1. The first-order valence-electron chi connectivity index (χ1n) is 5.66. The van der Waals surface area contributed by atoms with Crippen LogP contribution in [0.15, 0.2) is 24.7 Å². The lowest BCUT2D eigenvalue weighted by Gasteiger charge is -2.19. The van der Waals surface area contributed by atoms with E-state index in [1.807, 2.05) is 19.4 Å². The van der Waals surface area contributed by atoms with Gasteiger partial charge in [-0.2, -0.15) is 0 Å². The standard InChI is InChI=1S/C12H19N3O/c1-9(2)6-15-8-14-5-11(15)12(13)10-3-4-16-7-10/h5,8,10,12H,1,3-4,6-7,13H2,2H3. The van der Waals surface area contributed by atoms with Crippen LogP contribution in [0.4, 0.5) is 0 Å². The molecule has 4 nitrogen and oxygen atoms in total. The van der Waals surface area contributed by atoms with Gasteiger partial charge in [0.05, 0.1) is 24.7 Å². The van der Waals surface area contributed by atoms with Gasteiger partial charge >= 0.3 is 0 Å². The van der Waals surface area contributed by atoms with Crippen LogP contribution < -0.4 is 5.73 Å². The average Bonchev–Trinajstić information content (AvgIpc) is 2.84. The molecular weight excluding hydrogens is 202 g/mol. The third kappa shape index (κ3) is 2.33. The Hall–Kier alpha value is -1.13. The van der Waals surface area contributed by atoms with Crippen molar-refractivity contribution in [2.75, 3.05) is 13.2 Å². The summed E-state index contributed by atoms with van der Waals surface area (Å²) in [5.41, 5.74) is 8.44. The quantitative estimate of drug-likeness (QED) is 0.784. The van der Waals surface area contributed by atoms with E-state index in [1.54, 1.807) is 0 Å². The molecule has 1 aromatic rings. The molecule has 1 saturated heterocycles. The molecule has 0 bridgehead atoms. The maximum absolute atomic E-state index is 6.25. The van der Waals surface area contributed by atoms with Crippen LogP contribution in [-0.2, 0) is 11.3 Å². The molecule has 1 aromatic heterocycles. The molecule has 88 valence electrons. The summed E-state index contributed by atoms with van der Waals surface area (Å²) in [6.45, 7) is 8.30. The molecule has 1 fully saturated rings. The number of hydrogen-bond donors (Lipinski definition) is 1. The van der Waals surface area contributed by atoms with Crippen LogP contribution in [0.3, 0.4) is 0 Å². The molecule has 0 saturated carbocycles. The maximum atomic E-state index is 6.25. The number of allylic oxidation sites excluding steroid dienone is 1. The van der Waals surface area contributed by atoms with Crippen LogP contribution in [0.5, 0.6) is 0 Å². The molecular formula is C12H19N3O. The molecule has 2 rings (SSSR count). The molecule has 2 unspecified atom stereocenters. The minimum Gasteiger partial charge on any atom is -0.381 e. The van der Waals surface area contributed by atoms with Crippen LogP contribution >= 0.6 is 0 Å². The predicted molar refractivity (Wildman–Crippen MR) is 62.9 cm³/mol. The van der Waals surface area contributed by atoms with Crippen LogP contribution in [0.25, 0.3) is 0 Å². The molecule has 0 amide bonds. The van der Waals surface area contributed by atoms with Gasteiger partial charge in [0.15, 0.2) is 0 Å². The number of hydrogen-bond acceptors (Lipinski definition) is 3. The molecule has 0 aromatic carbocycles. The van der Waals surface area contributed by atoms with Crippen molar-refractivity contribution in [3.05, 3.63) is 30.4 Å². The number of ether oxygens (including phenoxy) is 1. The predicted octanol–water partition coefficient (Wildman–Crippen LogP) is 1.50. The largest absolute Gasteiger partial charge is 0.381 e. The summed E-state index contributed by atoms with van der Waals surface area (Å²) in [5, 5.41) is 0. The summed E-state index contributed by atoms with van der Waals surface area (Å²) < 4.78 is 7.44. The summed E-state index contributed by atoms with van der Waals surface area (Å²) in [5.74, 6) is 0.417. The van der Waals surface area contributed by atoms with Crippen molar-refractivity contribution >= 4 is 0 Å². The van der Waals surface area contributed by atoms with Gasteiger partial charge in [-0.15, -0.1) is 0 Å². The van der Waals surface area contributed by atoms with Gasteiger partial charge in [-0.1, -0.05) is 12.2 Å². The van der Waals surface area contributed by atoms with E-state index in [-0.39, 0.29) is 6.04 Å². The van der Waals surface area contributed by atoms with E-state index >= 15 is 0 Å². The fourth-order valence-electron chi connectivity index (χ4n) is 2.11. The molecule has 0 radical (unpaired) electrons. The number of rotatable bonds is 4. The van der Waals surface area contributed by atoms with Crippen molar-refractivity contribution in [2.24, 2.45) is 11.7 Å². The Bertz CT molecular complexity index is 366. The summed E-state index contributed by atoms with van der Waals surface area (Å²) in [4.78, 5) is 4.17. The highest BCUT2D eigenvalue weighted by Crippen LogP contribution is 2.26. The molecule has 0 aliphatic carbocycles. The first-order valence-corrected chi connectivity index (χ1v) is 5.66. The zero-order chi connectivity index (χ0) is 11.5. The fourth-order valence-corrected chi connectivity index (χ4v) is 2.11. The third-order valence-electron chi connectivity index (χ3n) is 3.00. The Balaban J connectivity index is 2.12. The lowest BCUT2D eigenvalue weighted by Crippen LogP contribution is -2.24. The Morgan fingerprint density at radius 3 is 3.25 bits per heavy atom. The summed E-state index contributed by atoms with van der Waals surface area (Å²) >= 11 is 0. The lowest BCUT2D eigenvalue weighted by atomic mass is 9.97. The molecule has 2 N–H and O–H groups in total. The highest BCUT2D eigenvalue weighted by atomic mass is 16.5. The molecule has 2 atom stereocenters. The number of nitrogens with zero attached hydrogens (tertiary/aromatic N) is 2. The maximum Gasteiger partial charge on any atom is 0.0951 e. The van der Waals surface area contributed by atoms with Crippen LogP contribution in [-0.4, -0.2) is 22.8 Å². The highest BCUT2D eigenvalue weighted by Gasteiger charge is 2.26. The van der Waals surface area contributed by atoms with E-state index in [0.29, 0.717) is 5.92 Å². The van der Waals surface area contributed by atoms with Crippen LogP contribution in [0, 0.1) is 5.92 Å². The molecule has 0 spiro atoms. The van der Waals surface area contributed by atoms with Gasteiger partial charge in [0.2, 0.25) is 0 Å². The second kappa shape index (κ2) is 4.80. The number of aromatic nitrogens is 2. The third-order valence-corrected chi connectivity index (χ3v) is 3.00. The summed E-state index contributed by atoms with van der Waals surface area (Å²) in [7, 11) is 0. The Kier molecular flexibility index (Phi) is 3.41. The average molecular weight is 221 g/mol. The first-order chi connectivity index (χ1) is 7.68. The van der Waals surface area contributed by atoms with Gasteiger partial charge in [0.25, 0.3) is 0 Å². The monoisotopic (exact) mass is 221 g/mol.